The van der Waals surface area contributed by atoms with Crippen molar-refractivity contribution in [1.82, 2.24) is 4.90 Å². The molecule has 1 saturated heterocycles. The third-order valence-corrected chi connectivity index (χ3v) is 3.11. The number of carbonyl (C=O) groups is 1. The van der Waals surface area contributed by atoms with E-state index in [1.54, 1.807) is 0 Å². The van der Waals surface area contributed by atoms with Gasteiger partial charge in [-0.05, 0) is 13.0 Å². The van der Waals surface area contributed by atoms with E-state index in [4.69, 9.17) is 14.6 Å². The Morgan fingerprint density at radius 3 is 2.76 bits per heavy atom. The Balaban J connectivity index is 2.40. The number of nitrogens with zero attached hydrogens (tertiary/aromatic N) is 1. The van der Waals surface area contributed by atoms with E-state index >= 15 is 0 Å². The minimum absolute atomic E-state index is 0.0114. The van der Waals surface area contributed by atoms with E-state index in [-0.39, 0.29) is 6.04 Å². The third kappa shape index (κ3) is 4.26. The molecule has 2 atom stereocenters. The van der Waals surface area contributed by atoms with Gasteiger partial charge in [0.15, 0.2) is 0 Å². The van der Waals surface area contributed by atoms with Gasteiger partial charge in [0, 0.05) is 19.2 Å². The Bertz CT molecular complexity index is 235. The number of hydrogen-bond acceptors (Lipinski definition) is 4. The van der Waals surface area contributed by atoms with E-state index < -0.39 is 11.9 Å². The zero-order chi connectivity index (χ0) is 12.7. The number of hydrogen-bond donors (Lipinski definition) is 1. The van der Waals surface area contributed by atoms with Crippen molar-refractivity contribution < 1.29 is 19.4 Å². The largest absolute Gasteiger partial charge is 0.481 e. The van der Waals surface area contributed by atoms with E-state index in [2.05, 4.69) is 11.8 Å². The lowest BCUT2D eigenvalue weighted by Crippen LogP contribution is -2.44. The summed E-state index contributed by atoms with van der Waals surface area (Å²) in [5.74, 6) is -1.17. The molecule has 2 unspecified atom stereocenters. The predicted octanol–water partition coefficient (Wildman–Crippen LogP) is 0.835. The van der Waals surface area contributed by atoms with Crippen molar-refractivity contribution in [2.24, 2.45) is 5.92 Å². The van der Waals surface area contributed by atoms with Crippen molar-refractivity contribution in [3.05, 3.63) is 0 Å². The van der Waals surface area contributed by atoms with Crippen molar-refractivity contribution in [3.63, 3.8) is 0 Å². The quantitative estimate of drug-likeness (QED) is 0.642. The summed E-state index contributed by atoms with van der Waals surface area (Å²) in [4.78, 5) is 13.2. The summed E-state index contributed by atoms with van der Waals surface area (Å²) < 4.78 is 10.7. The Morgan fingerprint density at radius 1 is 1.41 bits per heavy atom. The minimum atomic E-state index is -0.763. The maximum absolute atomic E-state index is 11.1. The van der Waals surface area contributed by atoms with E-state index in [1.807, 2.05) is 6.92 Å². The average Bonchev–Trinajstić information content (AvgIpc) is 2.78. The average molecular weight is 245 g/mol. The van der Waals surface area contributed by atoms with Crippen LogP contribution in [0.1, 0.15) is 20.3 Å². The van der Waals surface area contributed by atoms with E-state index in [0.29, 0.717) is 19.8 Å². The second-order valence-corrected chi connectivity index (χ2v) is 4.29. The molecule has 1 N–H and O–H groups in total. The molecule has 0 spiro atoms. The highest BCUT2D eigenvalue weighted by Crippen LogP contribution is 2.19. The molecular formula is C12H23NO4. The molecule has 5 nitrogen and oxygen atoms in total. The van der Waals surface area contributed by atoms with E-state index in [1.165, 1.54) is 0 Å². The molecule has 1 aliphatic rings. The highest BCUT2D eigenvalue weighted by molar-refractivity contribution is 5.71. The van der Waals surface area contributed by atoms with Gasteiger partial charge in [-0.25, -0.2) is 0 Å². The third-order valence-electron chi connectivity index (χ3n) is 3.11. The summed E-state index contributed by atoms with van der Waals surface area (Å²) in [5, 5.41) is 9.10. The molecule has 0 aromatic heterocycles. The topological polar surface area (TPSA) is 59.0 Å². The SMILES string of the molecule is CCCOCCN(CC)C1COCC1C(=O)O. The van der Waals surface area contributed by atoms with Crippen LogP contribution in [-0.4, -0.2) is 61.5 Å². The van der Waals surface area contributed by atoms with Crippen LogP contribution in [0.3, 0.4) is 0 Å². The molecular weight excluding hydrogens is 222 g/mol. The molecule has 0 radical (unpaired) electrons. The van der Waals surface area contributed by atoms with Gasteiger partial charge in [0.1, 0.15) is 0 Å². The molecule has 0 amide bonds. The predicted molar refractivity (Wildman–Crippen MR) is 64.1 cm³/mol. The molecule has 100 valence electrons. The number of carboxylic acid groups (broad SMARTS) is 1. The lowest BCUT2D eigenvalue weighted by molar-refractivity contribution is -0.143. The minimum Gasteiger partial charge on any atom is -0.481 e. The van der Waals surface area contributed by atoms with Gasteiger partial charge in [0.05, 0.1) is 25.7 Å². The van der Waals surface area contributed by atoms with Crippen LogP contribution in [0.25, 0.3) is 0 Å². The Kier molecular flexibility index (Phi) is 6.47. The maximum atomic E-state index is 11.1. The van der Waals surface area contributed by atoms with Crippen LogP contribution in [0, 0.1) is 5.92 Å². The second-order valence-electron chi connectivity index (χ2n) is 4.29. The highest BCUT2D eigenvalue weighted by atomic mass is 16.5. The first-order valence-corrected chi connectivity index (χ1v) is 6.33. The van der Waals surface area contributed by atoms with Crippen LogP contribution in [0.2, 0.25) is 0 Å². The van der Waals surface area contributed by atoms with Crippen LogP contribution in [-0.2, 0) is 14.3 Å². The Morgan fingerprint density at radius 2 is 2.18 bits per heavy atom. The smallest absolute Gasteiger partial charge is 0.310 e. The van der Waals surface area contributed by atoms with Crippen molar-refractivity contribution in [2.75, 3.05) is 39.5 Å². The zero-order valence-electron chi connectivity index (χ0n) is 10.7. The van der Waals surface area contributed by atoms with Crippen molar-refractivity contribution in [3.8, 4) is 0 Å². The lowest BCUT2D eigenvalue weighted by atomic mass is 10.0. The monoisotopic (exact) mass is 245 g/mol. The number of aliphatic carboxylic acids is 1. The van der Waals surface area contributed by atoms with Crippen molar-refractivity contribution >= 4 is 5.97 Å². The molecule has 17 heavy (non-hydrogen) atoms. The molecule has 1 aliphatic heterocycles. The molecule has 0 aliphatic carbocycles. The van der Waals surface area contributed by atoms with Gasteiger partial charge in [-0.1, -0.05) is 13.8 Å². The summed E-state index contributed by atoms with van der Waals surface area (Å²) in [6, 6.07) is -0.0114. The normalized spacial score (nSPS) is 24.4. The summed E-state index contributed by atoms with van der Waals surface area (Å²) in [7, 11) is 0. The number of ether oxygens (including phenoxy) is 2. The molecule has 1 heterocycles. The van der Waals surface area contributed by atoms with Crippen molar-refractivity contribution in [1.29, 1.82) is 0 Å². The molecule has 0 saturated carbocycles. The zero-order valence-corrected chi connectivity index (χ0v) is 10.7. The van der Waals surface area contributed by atoms with Crippen molar-refractivity contribution in [2.45, 2.75) is 26.3 Å². The van der Waals surface area contributed by atoms with Gasteiger partial charge < -0.3 is 14.6 Å². The molecule has 0 bridgehead atoms. The first kappa shape index (κ1) is 14.4. The first-order chi connectivity index (χ1) is 8.20. The van der Waals surface area contributed by atoms with Gasteiger partial charge in [0.2, 0.25) is 0 Å². The first-order valence-electron chi connectivity index (χ1n) is 6.33. The fourth-order valence-corrected chi connectivity index (χ4v) is 2.13. The van der Waals surface area contributed by atoms with Gasteiger partial charge in [0.25, 0.3) is 0 Å². The number of likely N-dealkylation sites (N-methyl/N-ethyl adjacent to an activating group) is 1. The fourth-order valence-electron chi connectivity index (χ4n) is 2.13. The molecule has 1 fully saturated rings. The molecule has 0 aromatic carbocycles. The maximum Gasteiger partial charge on any atom is 0.310 e. The van der Waals surface area contributed by atoms with Crippen LogP contribution < -0.4 is 0 Å². The van der Waals surface area contributed by atoms with Crippen LogP contribution in [0.4, 0.5) is 0 Å². The fraction of sp³-hybridized carbons (Fsp3) is 0.917. The van der Waals surface area contributed by atoms with E-state index in [0.717, 1.165) is 26.1 Å². The summed E-state index contributed by atoms with van der Waals surface area (Å²) in [6.45, 7) is 7.97. The standard InChI is InChI=1S/C12H23NO4/c1-3-6-16-7-5-13(4-2)11-9-17-8-10(11)12(14)15/h10-11H,3-9H2,1-2H3,(H,14,15). The Hall–Kier alpha value is -0.650. The lowest BCUT2D eigenvalue weighted by Gasteiger charge is -2.28. The Labute approximate surface area is 103 Å². The van der Waals surface area contributed by atoms with Crippen LogP contribution in [0.5, 0.6) is 0 Å². The number of rotatable bonds is 8. The van der Waals surface area contributed by atoms with E-state index in [9.17, 15) is 4.79 Å². The van der Waals surface area contributed by atoms with Gasteiger partial charge in [-0.15, -0.1) is 0 Å². The highest BCUT2D eigenvalue weighted by Gasteiger charge is 2.37. The van der Waals surface area contributed by atoms with Gasteiger partial charge in [-0.3, -0.25) is 9.69 Å². The van der Waals surface area contributed by atoms with Gasteiger partial charge in [-0.2, -0.15) is 0 Å². The molecule has 0 aromatic rings. The number of carboxylic acids is 1. The van der Waals surface area contributed by atoms with Gasteiger partial charge >= 0.3 is 5.97 Å². The molecule has 5 heteroatoms. The second kappa shape index (κ2) is 7.63. The summed E-state index contributed by atoms with van der Waals surface area (Å²) >= 11 is 0. The summed E-state index contributed by atoms with van der Waals surface area (Å²) in [6.07, 6.45) is 1.01. The molecule has 1 rings (SSSR count). The summed E-state index contributed by atoms with van der Waals surface area (Å²) in [5.41, 5.74) is 0. The van der Waals surface area contributed by atoms with Crippen LogP contribution >= 0.6 is 0 Å². The van der Waals surface area contributed by atoms with Crippen LogP contribution in [0.15, 0.2) is 0 Å².